The van der Waals surface area contributed by atoms with Gasteiger partial charge in [-0.05, 0) is 83.5 Å². The summed E-state index contributed by atoms with van der Waals surface area (Å²) in [4.78, 5) is 16.7. The molecule has 172 valence electrons. The molecule has 3 aliphatic rings. The Bertz CT molecular complexity index is 781. The van der Waals surface area contributed by atoms with E-state index in [1.165, 1.54) is 0 Å². The molecule has 2 heterocycles. The Kier molecular flexibility index (Phi) is 6.16. The maximum Gasteiger partial charge on any atom is 0.410 e. The molecule has 4 rings (SSSR count). The number of para-hydroxylation sites is 1. The van der Waals surface area contributed by atoms with Gasteiger partial charge >= 0.3 is 12.7 Å². The third kappa shape index (κ3) is 5.13. The van der Waals surface area contributed by atoms with Gasteiger partial charge in [0.2, 0.25) is 0 Å². The van der Waals surface area contributed by atoms with Gasteiger partial charge in [0.1, 0.15) is 11.4 Å². The van der Waals surface area contributed by atoms with Crippen LogP contribution in [0.4, 0.5) is 13.6 Å². The van der Waals surface area contributed by atoms with Crippen molar-refractivity contribution >= 4 is 6.09 Å². The molecule has 0 bridgehead atoms. The third-order valence-corrected chi connectivity index (χ3v) is 7.00. The van der Waals surface area contributed by atoms with Crippen molar-refractivity contribution in [3.05, 3.63) is 29.8 Å². The highest BCUT2D eigenvalue weighted by molar-refractivity contribution is 5.69. The average Bonchev–Trinajstić information content (AvgIpc) is 3.11. The number of halogens is 2. The van der Waals surface area contributed by atoms with Crippen molar-refractivity contribution in [2.24, 2.45) is 5.41 Å². The first-order chi connectivity index (χ1) is 14.6. The van der Waals surface area contributed by atoms with Gasteiger partial charge in [0, 0.05) is 24.5 Å². The molecule has 2 aliphatic heterocycles. The molecule has 1 atom stereocenters. The molecule has 1 spiro atoms. The number of benzene rings is 1. The largest absolute Gasteiger partial charge is 0.444 e. The lowest BCUT2D eigenvalue weighted by atomic mass is 9.78. The fourth-order valence-electron chi connectivity index (χ4n) is 5.59. The summed E-state index contributed by atoms with van der Waals surface area (Å²) in [6.07, 6.45) is 5.16. The summed E-state index contributed by atoms with van der Waals surface area (Å²) in [6.45, 7) is 6.45. The average molecular weight is 437 g/mol. The number of carbonyl (C=O) groups is 1. The quantitative estimate of drug-likeness (QED) is 0.646. The molecule has 31 heavy (non-hydrogen) atoms. The van der Waals surface area contributed by atoms with Gasteiger partial charge in [0.05, 0.1) is 0 Å². The molecule has 1 amide bonds. The number of carbonyl (C=O) groups excluding carboxylic acids is 1. The topological polar surface area (TPSA) is 42.0 Å². The number of hydrogen-bond acceptors (Lipinski definition) is 4. The lowest BCUT2D eigenvalue weighted by Gasteiger charge is -2.48. The summed E-state index contributed by atoms with van der Waals surface area (Å²) >= 11 is 0. The van der Waals surface area contributed by atoms with Crippen LogP contribution in [0.2, 0.25) is 0 Å². The minimum Gasteiger partial charge on any atom is -0.444 e. The summed E-state index contributed by atoms with van der Waals surface area (Å²) in [6, 6.07) is 7.75. The van der Waals surface area contributed by atoms with Crippen LogP contribution in [0.25, 0.3) is 0 Å². The molecular weight excluding hydrogens is 402 g/mol. The SMILES string of the molecule is CC(C)(C)OC(=O)N1CC2(CCC(N3CCC(c4ccccc4OC(F)F)CC3)C2)C1. The van der Waals surface area contributed by atoms with Crippen LogP contribution >= 0.6 is 0 Å². The number of rotatable bonds is 4. The zero-order chi connectivity index (χ0) is 22.2. The molecule has 0 N–H and O–H groups in total. The molecule has 1 aromatic rings. The molecule has 0 aromatic heterocycles. The van der Waals surface area contributed by atoms with Crippen molar-refractivity contribution < 1.29 is 23.0 Å². The highest BCUT2D eigenvalue weighted by Gasteiger charge is 2.51. The highest BCUT2D eigenvalue weighted by atomic mass is 19.3. The van der Waals surface area contributed by atoms with E-state index in [-0.39, 0.29) is 17.4 Å². The fraction of sp³-hybridized carbons (Fsp3) is 0.708. The first kappa shape index (κ1) is 22.3. The fourth-order valence-corrected chi connectivity index (χ4v) is 5.59. The maximum absolute atomic E-state index is 12.7. The van der Waals surface area contributed by atoms with Gasteiger partial charge in [-0.25, -0.2) is 4.79 Å². The smallest absolute Gasteiger partial charge is 0.410 e. The number of nitrogens with zero attached hydrogens (tertiary/aromatic N) is 2. The van der Waals surface area contributed by atoms with Crippen molar-refractivity contribution in [2.75, 3.05) is 26.2 Å². The van der Waals surface area contributed by atoms with Crippen LogP contribution in [0.3, 0.4) is 0 Å². The van der Waals surface area contributed by atoms with E-state index in [9.17, 15) is 13.6 Å². The van der Waals surface area contributed by atoms with Crippen LogP contribution < -0.4 is 4.74 Å². The Morgan fingerprint density at radius 2 is 1.81 bits per heavy atom. The van der Waals surface area contributed by atoms with Crippen LogP contribution in [0.15, 0.2) is 24.3 Å². The van der Waals surface area contributed by atoms with Gasteiger partial charge in [-0.3, -0.25) is 0 Å². The van der Waals surface area contributed by atoms with Crippen molar-refractivity contribution in [1.29, 1.82) is 0 Å². The summed E-state index contributed by atoms with van der Waals surface area (Å²) in [5, 5.41) is 0. The number of ether oxygens (including phenoxy) is 2. The molecule has 2 saturated heterocycles. The predicted octanol–water partition coefficient (Wildman–Crippen LogP) is 5.26. The standard InChI is InChI=1S/C24H34F2N2O3/c1-23(2,3)31-22(29)28-15-24(16-28)11-8-18(14-24)27-12-9-17(10-13-27)19-6-4-5-7-20(19)30-21(25)26/h4-7,17-18,21H,8-16H2,1-3H3. The second-order valence-corrected chi connectivity index (χ2v) is 10.5. The number of amides is 1. The molecule has 0 radical (unpaired) electrons. The van der Waals surface area contributed by atoms with Crippen LogP contribution in [0.1, 0.15) is 64.4 Å². The molecular formula is C24H34F2N2O3. The van der Waals surface area contributed by atoms with E-state index >= 15 is 0 Å². The van der Waals surface area contributed by atoms with E-state index < -0.39 is 12.2 Å². The van der Waals surface area contributed by atoms with E-state index in [2.05, 4.69) is 4.90 Å². The van der Waals surface area contributed by atoms with E-state index in [1.807, 2.05) is 37.8 Å². The van der Waals surface area contributed by atoms with Crippen LogP contribution in [0, 0.1) is 5.41 Å². The second-order valence-electron chi connectivity index (χ2n) is 10.5. The maximum atomic E-state index is 12.7. The second kappa shape index (κ2) is 8.57. The number of alkyl halides is 2. The number of hydrogen-bond donors (Lipinski definition) is 0. The predicted molar refractivity (Wildman–Crippen MR) is 115 cm³/mol. The van der Waals surface area contributed by atoms with Crippen LogP contribution in [-0.2, 0) is 4.74 Å². The Morgan fingerprint density at radius 3 is 2.45 bits per heavy atom. The van der Waals surface area contributed by atoms with Gasteiger partial charge in [0.15, 0.2) is 0 Å². The summed E-state index contributed by atoms with van der Waals surface area (Å²) in [5.41, 5.74) is 0.689. The normalized spacial score (nSPS) is 24.5. The molecule has 1 saturated carbocycles. The first-order valence-corrected chi connectivity index (χ1v) is 11.4. The zero-order valence-electron chi connectivity index (χ0n) is 18.8. The Balaban J connectivity index is 1.27. The third-order valence-electron chi connectivity index (χ3n) is 7.00. The van der Waals surface area contributed by atoms with E-state index in [0.717, 1.165) is 63.8 Å². The Hall–Kier alpha value is -1.89. The molecule has 3 fully saturated rings. The van der Waals surface area contributed by atoms with Crippen molar-refractivity contribution in [3.63, 3.8) is 0 Å². The van der Waals surface area contributed by atoms with E-state index in [1.54, 1.807) is 12.1 Å². The monoisotopic (exact) mass is 436 g/mol. The van der Waals surface area contributed by atoms with Crippen molar-refractivity contribution in [2.45, 2.75) is 77.0 Å². The summed E-state index contributed by atoms with van der Waals surface area (Å²) < 4.78 is 35.7. The lowest BCUT2D eigenvalue weighted by Crippen LogP contribution is -2.58. The first-order valence-electron chi connectivity index (χ1n) is 11.4. The van der Waals surface area contributed by atoms with Crippen LogP contribution in [-0.4, -0.2) is 60.3 Å². The number of piperidine rings is 1. The molecule has 7 heteroatoms. The minimum absolute atomic E-state index is 0.202. The van der Waals surface area contributed by atoms with Gasteiger partial charge in [-0.1, -0.05) is 18.2 Å². The molecule has 1 aromatic carbocycles. The lowest BCUT2D eigenvalue weighted by molar-refractivity contribution is -0.0509. The van der Waals surface area contributed by atoms with Gasteiger partial charge in [-0.2, -0.15) is 8.78 Å². The van der Waals surface area contributed by atoms with Gasteiger partial charge < -0.3 is 19.3 Å². The van der Waals surface area contributed by atoms with E-state index in [4.69, 9.17) is 9.47 Å². The molecule has 1 aliphatic carbocycles. The summed E-state index contributed by atoms with van der Waals surface area (Å²) in [5.74, 6) is 0.570. The zero-order valence-corrected chi connectivity index (χ0v) is 18.8. The van der Waals surface area contributed by atoms with Crippen LogP contribution in [0.5, 0.6) is 5.75 Å². The number of likely N-dealkylation sites (tertiary alicyclic amines) is 2. The van der Waals surface area contributed by atoms with Crippen molar-refractivity contribution in [1.82, 2.24) is 9.80 Å². The minimum atomic E-state index is -2.79. The Labute approximate surface area is 183 Å². The highest BCUT2D eigenvalue weighted by Crippen LogP contribution is 2.48. The van der Waals surface area contributed by atoms with Gasteiger partial charge in [0.25, 0.3) is 0 Å². The molecule has 1 unspecified atom stereocenters. The molecule has 5 nitrogen and oxygen atoms in total. The van der Waals surface area contributed by atoms with E-state index in [0.29, 0.717) is 11.8 Å². The summed E-state index contributed by atoms with van der Waals surface area (Å²) in [7, 11) is 0. The van der Waals surface area contributed by atoms with Gasteiger partial charge in [-0.15, -0.1) is 0 Å². The Morgan fingerprint density at radius 1 is 1.13 bits per heavy atom. The van der Waals surface area contributed by atoms with Crippen molar-refractivity contribution in [3.8, 4) is 5.75 Å².